The Labute approximate surface area is 162 Å². The van der Waals surface area contributed by atoms with Gasteiger partial charge in [-0.05, 0) is 42.5 Å². The first kappa shape index (κ1) is 18.1. The van der Waals surface area contributed by atoms with Crippen LogP contribution in [0.3, 0.4) is 0 Å². The second-order valence-electron chi connectivity index (χ2n) is 6.29. The molecule has 3 aromatic rings. The number of nitrogens with two attached hydrogens (primary N) is 1. The van der Waals surface area contributed by atoms with Crippen molar-refractivity contribution in [1.29, 1.82) is 0 Å². The van der Waals surface area contributed by atoms with Gasteiger partial charge in [-0.15, -0.1) is 0 Å². The number of halogens is 1. The summed E-state index contributed by atoms with van der Waals surface area (Å²) >= 11 is 0. The third-order valence-corrected chi connectivity index (χ3v) is 4.42. The highest BCUT2D eigenvalue weighted by Gasteiger charge is 2.31. The largest absolute Gasteiger partial charge is 0.384 e. The maximum atomic E-state index is 13.0. The predicted molar refractivity (Wildman–Crippen MR) is 103 cm³/mol. The Morgan fingerprint density at radius 2 is 1.72 bits per heavy atom. The van der Waals surface area contributed by atoms with E-state index in [4.69, 9.17) is 5.73 Å². The number of nitrogens with zero attached hydrogens (tertiary/aromatic N) is 1. The topological polar surface area (TPSA) is 123 Å². The van der Waals surface area contributed by atoms with Crippen LogP contribution in [0.1, 0.15) is 31.1 Å². The minimum atomic E-state index is -0.693. The lowest BCUT2D eigenvalue weighted by Gasteiger charge is -2.13. The molecule has 0 aliphatic carbocycles. The van der Waals surface area contributed by atoms with Crippen molar-refractivity contribution in [2.24, 2.45) is 0 Å². The number of carbonyl (C=O) groups excluding carboxylic acids is 3. The molecule has 0 radical (unpaired) electrons. The van der Waals surface area contributed by atoms with Crippen molar-refractivity contribution in [3.05, 3.63) is 87.5 Å². The van der Waals surface area contributed by atoms with Gasteiger partial charge in [0, 0.05) is 17.3 Å². The summed E-state index contributed by atoms with van der Waals surface area (Å²) in [7, 11) is 0. The number of amides is 3. The van der Waals surface area contributed by atoms with E-state index in [2.05, 4.69) is 10.6 Å². The molecule has 0 saturated carbocycles. The summed E-state index contributed by atoms with van der Waals surface area (Å²) in [5.41, 5.74) is 6.05. The first-order valence-corrected chi connectivity index (χ1v) is 8.44. The highest BCUT2D eigenvalue weighted by atomic mass is 19.1. The summed E-state index contributed by atoms with van der Waals surface area (Å²) in [5.74, 6) is -2.50. The van der Waals surface area contributed by atoms with E-state index in [9.17, 15) is 23.6 Å². The van der Waals surface area contributed by atoms with E-state index in [0.29, 0.717) is 5.69 Å². The van der Waals surface area contributed by atoms with E-state index in [1.807, 2.05) is 0 Å². The molecule has 0 fully saturated rings. The van der Waals surface area contributed by atoms with Crippen LogP contribution >= 0.6 is 0 Å². The van der Waals surface area contributed by atoms with E-state index in [-0.39, 0.29) is 28.2 Å². The molecule has 0 atom stereocenters. The Balaban J connectivity index is 1.73. The molecule has 0 spiro atoms. The van der Waals surface area contributed by atoms with E-state index in [1.54, 1.807) is 6.07 Å². The van der Waals surface area contributed by atoms with Gasteiger partial charge in [-0.2, -0.15) is 0 Å². The second kappa shape index (κ2) is 6.71. The number of aromatic nitrogens is 1. The zero-order valence-corrected chi connectivity index (χ0v) is 14.7. The number of nitrogens with one attached hydrogen (secondary N) is 2. The number of pyridine rings is 1. The molecule has 2 aromatic carbocycles. The Kier molecular flexibility index (Phi) is 4.19. The van der Waals surface area contributed by atoms with Gasteiger partial charge < -0.3 is 11.1 Å². The minimum Gasteiger partial charge on any atom is -0.384 e. The number of carbonyl (C=O) groups is 3. The fourth-order valence-electron chi connectivity index (χ4n) is 3.07. The van der Waals surface area contributed by atoms with Crippen molar-refractivity contribution >= 4 is 29.2 Å². The van der Waals surface area contributed by atoms with Gasteiger partial charge in [0.15, 0.2) is 0 Å². The average Bonchev–Trinajstić information content (AvgIpc) is 2.97. The van der Waals surface area contributed by atoms with Crippen LogP contribution in [-0.2, 0) is 0 Å². The van der Waals surface area contributed by atoms with E-state index in [0.717, 1.165) is 10.6 Å². The van der Waals surface area contributed by atoms with E-state index in [1.165, 1.54) is 42.5 Å². The van der Waals surface area contributed by atoms with Gasteiger partial charge in [0.25, 0.3) is 23.3 Å². The third kappa shape index (κ3) is 3.14. The van der Waals surface area contributed by atoms with Crippen molar-refractivity contribution in [1.82, 2.24) is 9.88 Å². The van der Waals surface area contributed by atoms with Gasteiger partial charge in [0.2, 0.25) is 0 Å². The molecular formula is C20H13FN4O4. The molecule has 1 aliphatic heterocycles. The summed E-state index contributed by atoms with van der Waals surface area (Å²) in [6.07, 6.45) is 0. The van der Waals surface area contributed by atoms with Gasteiger partial charge in [-0.25, -0.2) is 4.39 Å². The number of hydrogen-bond acceptors (Lipinski definition) is 5. The van der Waals surface area contributed by atoms with Crippen LogP contribution < -0.4 is 21.9 Å². The standard InChI is InChI=1S/C20H13FN4O4/c21-11-4-6-12(7-5-11)23-18(27)10-2-1-3-13(8-10)25-15(26)9-14-16(17(25)22)20(29)24-19(14)28/h1-9H,22H2,(H,23,27)(H,24,28,29). The molecular weight excluding hydrogens is 379 g/mol. The van der Waals surface area contributed by atoms with Crippen molar-refractivity contribution in [2.45, 2.75) is 0 Å². The first-order chi connectivity index (χ1) is 13.8. The lowest BCUT2D eigenvalue weighted by atomic mass is 10.1. The normalized spacial score (nSPS) is 12.4. The summed E-state index contributed by atoms with van der Waals surface area (Å²) in [4.78, 5) is 48.7. The van der Waals surface area contributed by atoms with Gasteiger partial charge in [-0.1, -0.05) is 6.07 Å². The van der Waals surface area contributed by atoms with E-state index >= 15 is 0 Å². The lowest BCUT2D eigenvalue weighted by Crippen LogP contribution is -2.24. The van der Waals surface area contributed by atoms with Gasteiger partial charge in [0.05, 0.1) is 16.8 Å². The molecule has 3 amide bonds. The molecule has 1 aliphatic rings. The summed E-state index contributed by atoms with van der Waals surface area (Å²) in [6.45, 7) is 0. The zero-order chi connectivity index (χ0) is 20.7. The number of anilines is 2. The summed E-state index contributed by atoms with van der Waals surface area (Å²) in [6, 6.07) is 12.3. The van der Waals surface area contributed by atoms with Gasteiger partial charge in [0.1, 0.15) is 11.6 Å². The Hall–Kier alpha value is -4.27. The fraction of sp³-hybridized carbons (Fsp3) is 0. The minimum absolute atomic E-state index is 0.0843. The van der Waals surface area contributed by atoms with Crippen molar-refractivity contribution < 1.29 is 18.8 Å². The molecule has 1 aromatic heterocycles. The van der Waals surface area contributed by atoms with Crippen LogP contribution in [-0.4, -0.2) is 22.3 Å². The lowest BCUT2D eigenvalue weighted by molar-refractivity contribution is 0.0879. The highest BCUT2D eigenvalue weighted by Crippen LogP contribution is 2.23. The Bertz CT molecular complexity index is 1250. The molecule has 29 heavy (non-hydrogen) atoms. The number of imide groups is 1. The van der Waals surface area contributed by atoms with Gasteiger partial charge in [-0.3, -0.25) is 29.1 Å². The predicted octanol–water partition coefficient (Wildman–Crippen LogP) is 1.69. The summed E-state index contributed by atoms with van der Waals surface area (Å²) in [5, 5.41) is 4.70. The molecule has 8 nitrogen and oxygen atoms in total. The second-order valence-corrected chi connectivity index (χ2v) is 6.29. The number of nitrogen functional groups attached to an aromatic ring is 1. The molecule has 0 saturated heterocycles. The van der Waals surface area contributed by atoms with Crippen molar-refractivity contribution in [3.63, 3.8) is 0 Å². The maximum Gasteiger partial charge on any atom is 0.262 e. The molecule has 0 bridgehead atoms. The zero-order valence-electron chi connectivity index (χ0n) is 14.7. The highest BCUT2D eigenvalue weighted by molar-refractivity contribution is 6.23. The summed E-state index contributed by atoms with van der Waals surface area (Å²) < 4.78 is 14.1. The quantitative estimate of drug-likeness (QED) is 0.586. The van der Waals surface area contributed by atoms with Crippen LogP contribution in [0.5, 0.6) is 0 Å². The van der Waals surface area contributed by atoms with Crippen molar-refractivity contribution in [2.75, 3.05) is 11.1 Å². The number of hydrogen-bond donors (Lipinski definition) is 3. The molecule has 144 valence electrons. The average molecular weight is 392 g/mol. The SMILES string of the molecule is Nc1c2c(cc(=O)n1-c1cccc(C(=O)Nc3ccc(F)cc3)c1)C(=O)NC2=O. The molecule has 9 heteroatoms. The van der Waals surface area contributed by atoms with E-state index < -0.39 is 29.1 Å². The molecule has 4 N–H and O–H groups in total. The van der Waals surface area contributed by atoms with Gasteiger partial charge >= 0.3 is 0 Å². The molecule has 2 heterocycles. The van der Waals surface area contributed by atoms with Crippen LogP contribution in [0.15, 0.2) is 59.4 Å². The Morgan fingerprint density at radius 1 is 1.00 bits per heavy atom. The number of fused-ring (bicyclic) bond motifs is 1. The van der Waals surface area contributed by atoms with Crippen LogP contribution in [0.2, 0.25) is 0 Å². The fourth-order valence-corrected chi connectivity index (χ4v) is 3.07. The molecule has 0 unspecified atom stereocenters. The number of rotatable bonds is 3. The van der Waals surface area contributed by atoms with Crippen molar-refractivity contribution in [3.8, 4) is 5.69 Å². The number of benzene rings is 2. The first-order valence-electron chi connectivity index (χ1n) is 8.44. The molecule has 4 rings (SSSR count). The smallest absolute Gasteiger partial charge is 0.262 e. The third-order valence-electron chi connectivity index (χ3n) is 4.42. The maximum absolute atomic E-state index is 13.0. The van der Waals surface area contributed by atoms with Crippen LogP contribution in [0.4, 0.5) is 15.9 Å². The van der Waals surface area contributed by atoms with Crippen LogP contribution in [0, 0.1) is 5.82 Å². The Morgan fingerprint density at radius 3 is 2.45 bits per heavy atom. The monoisotopic (exact) mass is 392 g/mol. The van der Waals surface area contributed by atoms with Crippen LogP contribution in [0.25, 0.3) is 5.69 Å².